The number of amides is 1. The van der Waals surface area contributed by atoms with Gasteiger partial charge in [0, 0.05) is 19.1 Å². The average molecular weight is 338 g/mol. The maximum Gasteiger partial charge on any atom is 0.272 e. The minimum atomic E-state index is -0.190. The second-order valence-corrected chi connectivity index (χ2v) is 6.70. The van der Waals surface area contributed by atoms with Crippen molar-refractivity contribution in [1.29, 1.82) is 0 Å². The number of benzene rings is 1. The van der Waals surface area contributed by atoms with Crippen molar-refractivity contribution >= 4 is 11.7 Å². The van der Waals surface area contributed by atoms with Crippen LogP contribution in [0.4, 0.5) is 5.82 Å². The summed E-state index contributed by atoms with van der Waals surface area (Å²) in [6, 6.07) is 12.3. The van der Waals surface area contributed by atoms with Crippen molar-refractivity contribution in [1.82, 2.24) is 15.5 Å². The number of anilines is 1. The predicted octanol–water partition coefficient (Wildman–Crippen LogP) is 3.48. The molecule has 1 unspecified atom stereocenters. The molecule has 1 aromatic heterocycles. The number of carbonyl (C=O) groups is 1. The molecular weight excluding hydrogens is 312 g/mol. The first-order valence-electron chi connectivity index (χ1n) is 9.11. The quantitative estimate of drug-likeness (QED) is 0.907. The predicted molar refractivity (Wildman–Crippen MR) is 99.7 cm³/mol. The third-order valence-electron chi connectivity index (χ3n) is 4.85. The third kappa shape index (κ3) is 4.35. The minimum absolute atomic E-state index is 0.190. The number of aromatic nitrogens is 2. The summed E-state index contributed by atoms with van der Waals surface area (Å²) in [5, 5.41) is 11.3. The molecule has 2 aromatic rings. The molecule has 1 aliphatic rings. The van der Waals surface area contributed by atoms with E-state index >= 15 is 0 Å². The fraction of sp³-hybridized carbons (Fsp3) is 0.450. The smallest absolute Gasteiger partial charge is 0.272 e. The van der Waals surface area contributed by atoms with Crippen molar-refractivity contribution in [2.75, 3.05) is 11.4 Å². The van der Waals surface area contributed by atoms with Crippen LogP contribution in [0.25, 0.3) is 0 Å². The Hall–Kier alpha value is -2.43. The number of hydrogen-bond acceptors (Lipinski definition) is 4. The third-order valence-corrected chi connectivity index (χ3v) is 4.85. The van der Waals surface area contributed by atoms with Crippen molar-refractivity contribution in [2.45, 2.75) is 52.1 Å². The first kappa shape index (κ1) is 17.4. The highest BCUT2D eigenvalue weighted by atomic mass is 16.1. The SMILES string of the molecule is CCC1CCCCN1c1ccc(C(=O)NCc2ccc(C)cc2)nn1. The van der Waals surface area contributed by atoms with E-state index in [0.29, 0.717) is 18.3 Å². The Morgan fingerprint density at radius 2 is 1.96 bits per heavy atom. The topological polar surface area (TPSA) is 58.1 Å². The summed E-state index contributed by atoms with van der Waals surface area (Å²) < 4.78 is 0. The molecule has 3 rings (SSSR count). The zero-order valence-corrected chi connectivity index (χ0v) is 15.0. The molecule has 0 spiro atoms. The number of nitrogens with zero attached hydrogens (tertiary/aromatic N) is 3. The van der Waals surface area contributed by atoms with E-state index < -0.39 is 0 Å². The average Bonchev–Trinajstić information content (AvgIpc) is 2.67. The second-order valence-electron chi connectivity index (χ2n) is 6.70. The number of nitrogens with one attached hydrogen (secondary N) is 1. The van der Waals surface area contributed by atoms with E-state index in [1.807, 2.05) is 37.3 Å². The van der Waals surface area contributed by atoms with E-state index in [0.717, 1.165) is 24.3 Å². The molecule has 1 atom stereocenters. The lowest BCUT2D eigenvalue weighted by molar-refractivity contribution is 0.0945. The van der Waals surface area contributed by atoms with Crippen molar-refractivity contribution in [2.24, 2.45) is 0 Å². The van der Waals surface area contributed by atoms with Crippen LogP contribution in [0.15, 0.2) is 36.4 Å². The monoisotopic (exact) mass is 338 g/mol. The van der Waals surface area contributed by atoms with Crippen LogP contribution in [-0.4, -0.2) is 28.7 Å². The Labute approximate surface area is 149 Å². The number of aryl methyl sites for hydroxylation is 1. The minimum Gasteiger partial charge on any atom is -0.352 e. The molecule has 1 amide bonds. The highest BCUT2D eigenvalue weighted by molar-refractivity contribution is 5.92. The van der Waals surface area contributed by atoms with Gasteiger partial charge < -0.3 is 10.2 Å². The number of rotatable bonds is 5. The van der Waals surface area contributed by atoms with Gasteiger partial charge in [0.2, 0.25) is 0 Å². The Kier molecular flexibility index (Phi) is 5.64. The number of hydrogen-bond donors (Lipinski definition) is 1. The van der Waals surface area contributed by atoms with Crippen LogP contribution in [0, 0.1) is 6.92 Å². The van der Waals surface area contributed by atoms with Crippen molar-refractivity contribution in [3.63, 3.8) is 0 Å². The lowest BCUT2D eigenvalue weighted by Crippen LogP contribution is -2.39. The Balaban J connectivity index is 1.61. The van der Waals surface area contributed by atoms with E-state index in [-0.39, 0.29) is 5.91 Å². The van der Waals surface area contributed by atoms with Crippen LogP contribution in [0.5, 0.6) is 0 Å². The molecule has 1 saturated heterocycles. The van der Waals surface area contributed by atoms with Gasteiger partial charge in [-0.1, -0.05) is 36.8 Å². The van der Waals surface area contributed by atoms with E-state index in [9.17, 15) is 4.79 Å². The molecule has 1 aromatic carbocycles. The standard InChI is InChI=1S/C20H26N4O/c1-3-17-6-4-5-13-24(17)19-12-11-18(22-23-19)20(25)21-14-16-9-7-15(2)8-10-16/h7-12,17H,3-6,13-14H2,1-2H3,(H,21,25). The Bertz CT molecular complexity index is 697. The molecule has 0 saturated carbocycles. The molecule has 5 nitrogen and oxygen atoms in total. The van der Waals surface area contributed by atoms with E-state index in [1.165, 1.54) is 24.8 Å². The van der Waals surface area contributed by atoms with Crippen molar-refractivity contribution in [3.8, 4) is 0 Å². The lowest BCUT2D eigenvalue weighted by Gasteiger charge is -2.35. The summed E-state index contributed by atoms with van der Waals surface area (Å²) in [5.74, 6) is 0.687. The number of piperidine rings is 1. The van der Waals surface area contributed by atoms with Gasteiger partial charge in [0.15, 0.2) is 11.5 Å². The molecule has 0 bridgehead atoms. The zero-order chi connectivity index (χ0) is 17.6. The highest BCUT2D eigenvalue weighted by Gasteiger charge is 2.22. The maximum absolute atomic E-state index is 12.3. The van der Waals surface area contributed by atoms with Crippen LogP contribution < -0.4 is 10.2 Å². The number of carbonyl (C=O) groups excluding carboxylic acids is 1. The molecule has 132 valence electrons. The van der Waals surface area contributed by atoms with Crippen LogP contribution in [-0.2, 0) is 6.54 Å². The molecule has 1 N–H and O–H groups in total. The molecule has 1 aliphatic heterocycles. The van der Waals surface area contributed by atoms with Crippen LogP contribution in [0.1, 0.15) is 54.2 Å². The zero-order valence-electron chi connectivity index (χ0n) is 15.0. The summed E-state index contributed by atoms with van der Waals surface area (Å²) in [7, 11) is 0. The summed E-state index contributed by atoms with van der Waals surface area (Å²) in [5.41, 5.74) is 2.64. The van der Waals surface area contributed by atoms with Crippen molar-refractivity contribution < 1.29 is 4.79 Å². The molecule has 0 aliphatic carbocycles. The largest absolute Gasteiger partial charge is 0.352 e. The molecule has 1 fully saturated rings. The normalized spacial score (nSPS) is 17.4. The fourth-order valence-electron chi connectivity index (χ4n) is 3.30. The van der Waals surface area contributed by atoms with Crippen LogP contribution >= 0.6 is 0 Å². The van der Waals surface area contributed by atoms with Crippen LogP contribution in [0.3, 0.4) is 0 Å². The first-order chi connectivity index (χ1) is 12.2. The first-order valence-corrected chi connectivity index (χ1v) is 9.11. The fourth-order valence-corrected chi connectivity index (χ4v) is 3.30. The van der Waals surface area contributed by atoms with E-state index in [1.54, 1.807) is 6.07 Å². The molecule has 2 heterocycles. The lowest BCUT2D eigenvalue weighted by atomic mass is 10.0. The summed E-state index contributed by atoms with van der Waals surface area (Å²) >= 11 is 0. The Morgan fingerprint density at radius 3 is 2.64 bits per heavy atom. The van der Waals surface area contributed by atoms with Gasteiger partial charge in [-0.15, -0.1) is 10.2 Å². The Morgan fingerprint density at radius 1 is 1.16 bits per heavy atom. The second kappa shape index (κ2) is 8.10. The van der Waals surface area contributed by atoms with Gasteiger partial charge >= 0.3 is 0 Å². The van der Waals surface area contributed by atoms with Gasteiger partial charge in [-0.2, -0.15) is 0 Å². The van der Waals surface area contributed by atoms with Gasteiger partial charge in [-0.05, 0) is 50.3 Å². The van der Waals surface area contributed by atoms with Crippen LogP contribution in [0.2, 0.25) is 0 Å². The molecule has 25 heavy (non-hydrogen) atoms. The summed E-state index contributed by atoms with van der Waals surface area (Å²) in [6.07, 6.45) is 4.79. The van der Waals surface area contributed by atoms with Gasteiger partial charge in [0.1, 0.15) is 0 Å². The molecule has 5 heteroatoms. The molecule has 0 radical (unpaired) electrons. The van der Waals surface area contributed by atoms with E-state index in [2.05, 4.69) is 27.3 Å². The van der Waals surface area contributed by atoms with E-state index in [4.69, 9.17) is 0 Å². The van der Waals surface area contributed by atoms with Gasteiger partial charge in [-0.3, -0.25) is 4.79 Å². The highest BCUT2D eigenvalue weighted by Crippen LogP contribution is 2.24. The summed E-state index contributed by atoms with van der Waals surface area (Å²) in [4.78, 5) is 14.6. The van der Waals surface area contributed by atoms with Gasteiger partial charge in [0.25, 0.3) is 5.91 Å². The van der Waals surface area contributed by atoms with Gasteiger partial charge in [0.05, 0.1) is 0 Å². The summed E-state index contributed by atoms with van der Waals surface area (Å²) in [6.45, 7) is 5.77. The van der Waals surface area contributed by atoms with Crippen molar-refractivity contribution in [3.05, 3.63) is 53.2 Å². The van der Waals surface area contributed by atoms with Gasteiger partial charge in [-0.25, -0.2) is 0 Å². The maximum atomic E-state index is 12.3. The molecular formula is C20H26N4O.